The highest BCUT2D eigenvalue weighted by molar-refractivity contribution is 6.31. The molecule has 3 aromatic rings. The first-order valence-electron chi connectivity index (χ1n) is 9.09. The largest absolute Gasteiger partial charge is 0.450 e. The zero-order valence-corrected chi connectivity index (χ0v) is 16.4. The van der Waals surface area contributed by atoms with E-state index in [1.54, 1.807) is 35.5 Å². The molecule has 0 spiro atoms. The van der Waals surface area contributed by atoms with Gasteiger partial charge in [0.25, 0.3) is 5.91 Å². The number of rotatable bonds is 5. The van der Waals surface area contributed by atoms with Gasteiger partial charge in [0.05, 0.1) is 17.0 Å². The molecule has 144 valence electrons. The van der Waals surface area contributed by atoms with E-state index in [0.717, 1.165) is 18.5 Å². The lowest BCUT2D eigenvalue weighted by Crippen LogP contribution is -2.32. The van der Waals surface area contributed by atoms with E-state index < -0.39 is 6.04 Å². The van der Waals surface area contributed by atoms with Gasteiger partial charge in [-0.3, -0.25) is 14.6 Å². The van der Waals surface area contributed by atoms with Crippen LogP contribution in [0.15, 0.2) is 51.9 Å². The summed E-state index contributed by atoms with van der Waals surface area (Å²) in [6, 6.07) is 8.02. The lowest BCUT2D eigenvalue weighted by atomic mass is 9.99. The standard InChI is InChI=1S/C21H20ClN3O3/c1-24(2)10-3-11-25-18(13-6-8-23-9-7-13)17-19(26)15-12-14(22)4-5-16(15)28-20(17)21(25)27/h4-9,12,18H,3,10-11H2,1-2H3/t18-/m1/s1. The lowest BCUT2D eigenvalue weighted by Gasteiger charge is -2.25. The molecule has 0 radical (unpaired) electrons. The number of amides is 1. The average molecular weight is 398 g/mol. The van der Waals surface area contributed by atoms with Gasteiger partial charge in [0.1, 0.15) is 5.58 Å². The number of carbonyl (C=O) groups excluding carboxylic acids is 1. The fourth-order valence-corrected chi connectivity index (χ4v) is 3.84. The third-order valence-electron chi connectivity index (χ3n) is 4.95. The van der Waals surface area contributed by atoms with Gasteiger partial charge in [0, 0.05) is 24.0 Å². The Morgan fingerprint density at radius 3 is 2.64 bits per heavy atom. The van der Waals surface area contributed by atoms with Crippen molar-refractivity contribution in [1.82, 2.24) is 14.8 Å². The van der Waals surface area contributed by atoms with Gasteiger partial charge in [-0.25, -0.2) is 0 Å². The van der Waals surface area contributed by atoms with Gasteiger partial charge < -0.3 is 14.2 Å². The minimum Gasteiger partial charge on any atom is -0.450 e. The Balaban J connectivity index is 1.88. The summed E-state index contributed by atoms with van der Waals surface area (Å²) in [7, 11) is 3.98. The molecule has 2 aromatic heterocycles. The summed E-state index contributed by atoms with van der Waals surface area (Å²) >= 11 is 6.08. The number of halogens is 1. The summed E-state index contributed by atoms with van der Waals surface area (Å²) in [5, 5.41) is 0.834. The molecule has 1 aliphatic rings. The number of nitrogens with zero attached hydrogens (tertiary/aromatic N) is 3. The molecule has 1 amide bonds. The van der Waals surface area contributed by atoms with Gasteiger partial charge in [-0.2, -0.15) is 0 Å². The molecule has 0 saturated heterocycles. The van der Waals surface area contributed by atoms with Crippen molar-refractivity contribution in [3.63, 3.8) is 0 Å². The Hall–Kier alpha value is -2.70. The van der Waals surface area contributed by atoms with Crippen molar-refractivity contribution >= 4 is 28.5 Å². The fraction of sp³-hybridized carbons (Fsp3) is 0.286. The molecule has 1 aliphatic heterocycles. The second-order valence-corrected chi connectivity index (χ2v) is 7.59. The Morgan fingerprint density at radius 2 is 1.93 bits per heavy atom. The molecule has 4 rings (SSSR count). The summed E-state index contributed by atoms with van der Waals surface area (Å²) in [5.41, 5.74) is 1.35. The molecule has 0 unspecified atom stereocenters. The molecular weight excluding hydrogens is 378 g/mol. The van der Waals surface area contributed by atoms with E-state index in [2.05, 4.69) is 9.88 Å². The third-order valence-corrected chi connectivity index (χ3v) is 5.19. The first kappa shape index (κ1) is 18.7. The molecule has 7 heteroatoms. The maximum Gasteiger partial charge on any atom is 0.290 e. The van der Waals surface area contributed by atoms with Crippen LogP contribution in [0.1, 0.15) is 34.1 Å². The molecule has 0 saturated carbocycles. The number of carbonyl (C=O) groups is 1. The first-order valence-corrected chi connectivity index (χ1v) is 9.47. The monoisotopic (exact) mass is 397 g/mol. The van der Waals surface area contributed by atoms with E-state index in [0.29, 0.717) is 28.1 Å². The van der Waals surface area contributed by atoms with Crippen LogP contribution in [0.2, 0.25) is 5.02 Å². The van der Waals surface area contributed by atoms with Crippen LogP contribution in [0.25, 0.3) is 11.0 Å². The normalized spacial score (nSPS) is 16.2. The van der Waals surface area contributed by atoms with Crippen LogP contribution in [-0.4, -0.2) is 47.9 Å². The van der Waals surface area contributed by atoms with Crippen LogP contribution in [0, 0.1) is 0 Å². The number of fused-ring (bicyclic) bond motifs is 2. The smallest absolute Gasteiger partial charge is 0.290 e. The number of benzene rings is 1. The topological polar surface area (TPSA) is 66.7 Å². The summed E-state index contributed by atoms with van der Waals surface area (Å²) in [6.07, 6.45) is 4.11. The van der Waals surface area contributed by atoms with Crippen LogP contribution < -0.4 is 5.43 Å². The zero-order valence-electron chi connectivity index (χ0n) is 15.7. The second-order valence-electron chi connectivity index (χ2n) is 7.15. The van der Waals surface area contributed by atoms with Crippen molar-refractivity contribution in [2.75, 3.05) is 27.2 Å². The molecule has 28 heavy (non-hydrogen) atoms. The zero-order chi connectivity index (χ0) is 19.8. The average Bonchev–Trinajstić information content (AvgIpc) is 2.95. The van der Waals surface area contributed by atoms with Crippen molar-refractivity contribution in [1.29, 1.82) is 0 Å². The summed E-state index contributed by atoms with van der Waals surface area (Å²) in [6.45, 7) is 1.35. The van der Waals surface area contributed by atoms with Crippen molar-refractivity contribution in [2.24, 2.45) is 0 Å². The molecule has 0 aliphatic carbocycles. The van der Waals surface area contributed by atoms with Crippen LogP contribution >= 0.6 is 11.6 Å². The highest BCUT2D eigenvalue weighted by atomic mass is 35.5. The number of hydrogen-bond acceptors (Lipinski definition) is 5. The van der Waals surface area contributed by atoms with Gasteiger partial charge >= 0.3 is 0 Å². The maximum atomic E-state index is 13.3. The minimum atomic E-state index is -0.493. The highest BCUT2D eigenvalue weighted by Crippen LogP contribution is 2.38. The quantitative estimate of drug-likeness (QED) is 0.660. The van der Waals surface area contributed by atoms with E-state index >= 15 is 0 Å². The molecule has 0 N–H and O–H groups in total. The number of aromatic nitrogens is 1. The predicted molar refractivity (Wildman–Crippen MR) is 108 cm³/mol. The van der Waals surface area contributed by atoms with Crippen molar-refractivity contribution in [2.45, 2.75) is 12.5 Å². The van der Waals surface area contributed by atoms with E-state index in [4.69, 9.17) is 16.0 Å². The van der Waals surface area contributed by atoms with E-state index in [1.807, 2.05) is 26.2 Å². The third kappa shape index (κ3) is 3.19. The molecule has 1 aromatic carbocycles. The summed E-state index contributed by atoms with van der Waals surface area (Å²) < 4.78 is 5.89. The molecule has 3 heterocycles. The summed E-state index contributed by atoms with van der Waals surface area (Å²) in [5.74, 6) is -0.143. The van der Waals surface area contributed by atoms with Gasteiger partial charge in [0.15, 0.2) is 5.43 Å². The predicted octanol–water partition coefficient (Wildman–Crippen LogP) is 3.34. The van der Waals surface area contributed by atoms with Crippen molar-refractivity contribution < 1.29 is 9.21 Å². The van der Waals surface area contributed by atoms with E-state index in [1.165, 1.54) is 0 Å². The van der Waals surface area contributed by atoms with E-state index in [-0.39, 0.29) is 17.1 Å². The fourth-order valence-electron chi connectivity index (χ4n) is 3.67. The SMILES string of the molecule is CN(C)CCCN1C(=O)c2oc3ccc(Cl)cc3c(=O)c2[C@H]1c1ccncc1. The van der Waals surface area contributed by atoms with Crippen LogP contribution in [-0.2, 0) is 0 Å². The lowest BCUT2D eigenvalue weighted by molar-refractivity contribution is 0.0722. The number of pyridine rings is 1. The first-order chi connectivity index (χ1) is 13.5. The minimum absolute atomic E-state index is 0.117. The van der Waals surface area contributed by atoms with Gasteiger partial charge in [-0.1, -0.05) is 11.6 Å². The molecular formula is C21H20ClN3O3. The second kappa shape index (κ2) is 7.37. The van der Waals surface area contributed by atoms with Gasteiger partial charge in [0.2, 0.25) is 5.76 Å². The highest BCUT2D eigenvalue weighted by Gasteiger charge is 2.42. The summed E-state index contributed by atoms with van der Waals surface area (Å²) in [4.78, 5) is 34.3. The Labute approximate surface area is 167 Å². The number of hydrogen-bond donors (Lipinski definition) is 0. The molecule has 0 bridgehead atoms. The van der Waals surface area contributed by atoms with Crippen molar-refractivity contribution in [3.8, 4) is 0 Å². The van der Waals surface area contributed by atoms with Crippen LogP contribution in [0.4, 0.5) is 0 Å². The Kier molecular flexibility index (Phi) is 4.91. The molecule has 1 atom stereocenters. The van der Waals surface area contributed by atoms with Gasteiger partial charge in [-0.05, 0) is 63.0 Å². The van der Waals surface area contributed by atoms with Gasteiger partial charge in [-0.15, -0.1) is 0 Å². The van der Waals surface area contributed by atoms with Crippen molar-refractivity contribution in [3.05, 3.63) is 74.9 Å². The Morgan fingerprint density at radius 1 is 1.18 bits per heavy atom. The molecule has 0 fully saturated rings. The Bertz CT molecular complexity index is 1100. The van der Waals surface area contributed by atoms with Crippen LogP contribution in [0.3, 0.4) is 0 Å². The molecule has 6 nitrogen and oxygen atoms in total. The maximum absolute atomic E-state index is 13.3. The van der Waals surface area contributed by atoms with Crippen LogP contribution in [0.5, 0.6) is 0 Å². The van der Waals surface area contributed by atoms with E-state index in [9.17, 15) is 9.59 Å².